The van der Waals surface area contributed by atoms with Crippen LogP contribution < -0.4 is 0 Å². The lowest BCUT2D eigenvalue weighted by Gasteiger charge is -2.13. The van der Waals surface area contributed by atoms with Gasteiger partial charge in [0.05, 0.1) is 21.0 Å². The van der Waals surface area contributed by atoms with Crippen LogP contribution in [0.5, 0.6) is 0 Å². The Morgan fingerprint density at radius 3 is 1.19 bits per heavy atom. The largest absolute Gasteiger partial charge is 0.277 e. The van der Waals surface area contributed by atoms with Gasteiger partial charge in [-0.3, -0.25) is 20.2 Å². The molecule has 0 N–H and O–H groups in total. The maximum atomic E-state index is 11.5. The topological polar surface area (TPSA) is 86.3 Å². The standard InChI is InChI=1S/C24H16N2O4S/c27-25(28)21-13-5-1-9-17(21)19-11-3-7-15-23(19)31-24-16-8-4-12-20(24)18-10-2-6-14-22(18)26(29)30/h1-16H. The minimum Gasteiger partial charge on any atom is -0.258 e. The molecule has 31 heavy (non-hydrogen) atoms. The molecular weight excluding hydrogens is 412 g/mol. The van der Waals surface area contributed by atoms with Crippen molar-refractivity contribution in [3.8, 4) is 22.3 Å². The first-order valence-corrected chi connectivity index (χ1v) is 10.2. The van der Waals surface area contributed by atoms with Crippen molar-refractivity contribution in [2.45, 2.75) is 9.79 Å². The van der Waals surface area contributed by atoms with Gasteiger partial charge in [-0.1, -0.05) is 72.4 Å². The van der Waals surface area contributed by atoms with Gasteiger partial charge in [0.15, 0.2) is 0 Å². The van der Waals surface area contributed by atoms with E-state index in [0.29, 0.717) is 11.1 Å². The summed E-state index contributed by atoms with van der Waals surface area (Å²) in [6, 6.07) is 28.1. The fraction of sp³-hybridized carbons (Fsp3) is 0. The highest BCUT2D eigenvalue weighted by Gasteiger charge is 2.20. The number of rotatable bonds is 6. The summed E-state index contributed by atoms with van der Waals surface area (Å²) in [4.78, 5) is 23.9. The highest BCUT2D eigenvalue weighted by molar-refractivity contribution is 7.99. The molecular formula is C24H16N2O4S. The summed E-state index contributed by atoms with van der Waals surface area (Å²) in [6.45, 7) is 0. The summed E-state index contributed by atoms with van der Waals surface area (Å²) in [7, 11) is 0. The van der Waals surface area contributed by atoms with Crippen LogP contribution in [0.4, 0.5) is 11.4 Å². The second kappa shape index (κ2) is 8.81. The molecule has 7 heteroatoms. The Hall–Kier alpha value is -3.97. The predicted molar refractivity (Wildman–Crippen MR) is 121 cm³/mol. The molecule has 0 unspecified atom stereocenters. The zero-order chi connectivity index (χ0) is 21.8. The summed E-state index contributed by atoms with van der Waals surface area (Å²) in [5.41, 5.74) is 2.58. The molecule has 0 saturated carbocycles. The van der Waals surface area contributed by atoms with E-state index in [2.05, 4.69) is 0 Å². The molecule has 0 aromatic heterocycles. The number of hydrogen-bond donors (Lipinski definition) is 0. The quantitative estimate of drug-likeness (QED) is 0.244. The molecule has 0 saturated heterocycles. The Morgan fingerprint density at radius 2 is 0.806 bits per heavy atom. The Labute approximate surface area is 182 Å². The Morgan fingerprint density at radius 1 is 0.484 bits per heavy atom. The number of hydrogen-bond acceptors (Lipinski definition) is 5. The number of para-hydroxylation sites is 2. The van der Waals surface area contributed by atoms with Crippen molar-refractivity contribution in [1.29, 1.82) is 0 Å². The molecule has 0 amide bonds. The van der Waals surface area contributed by atoms with Crippen molar-refractivity contribution in [1.82, 2.24) is 0 Å². The zero-order valence-electron chi connectivity index (χ0n) is 16.2. The van der Waals surface area contributed by atoms with Crippen molar-refractivity contribution in [3.63, 3.8) is 0 Å². The molecule has 4 aromatic carbocycles. The van der Waals surface area contributed by atoms with Gasteiger partial charge in [0, 0.05) is 33.1 Å². The first kappa shape index (κ1) is 20.3. The molecule has 4 aromatic rings. The van der Waals surface area contributed by atoms with Crippen molar-refractivity contribution in [3.05, 3.63) is 117 Å². The third-order valence-corrected chi connectivity index (χ3v) is 5.93. The van der Waals surface area contributed by atoms with Crippen LogP contribution in [0, 0.1) is 20.2 Å². The van der Waals surface area contributed by atoms with E-state index in [4.69, 9.17) is 0 Å². The molecule has 0 radical (unpaired) electrons. The van der Waals surface area contributed by atoms with E-state index in [1.807, 2.05) is 48.5 Å². The zero-order valence-corrected chi connectivity index (χ0v) is 17.0. The Kier molecular flexibility index (Phi) is 5.77. The van der Waals surface area contributed by atoms with Crippen molar-refractivity contribution < 1.29 is 9.85 Å². The van der Waals surface area contributed by atoms with Crippen molar-refractivity contribution >= 4 is 23.1 Å². The van der Waals surface area contributed by atoms with Crippen LogP contribution >= 0.6 is 11.8 Å². The maximum absolute atomic E-state index is 11.5. The maximum Gasteiger partial charge on any atom is 0.277 e. The van der Waals surface area contributed by atoms with Gasteiger partial charge >= 0.3 is 0 Å². The molecule has 0 aliphatic rings. The Bertz CT molecular complexity index is 1190. The highest BCUT2D eigenvalue weighted by Crippen LogP contribution is 2.43. The molecule has 0 fully saturated rings. The van der Waals surface area contributed by atoms with Gasteiger partial charge in [0.1, 0.15) is 0 Å². The summed E-state index contributed by atoms with van der Waals surface area (Å²) < 4.78 is 0. The van der Waals surface area contributed by atoms with Gasteiger partial charge in [-0.15, -0.1) is 0 Å². The lowest BCUT2D eigenvalue weighted by molar-refractivity contribution is -0.384. The number of nitrogens with zero attached hydrogens (tertiary/aromatic N) is 2. The van der Waals surface area contributed by atoms with E-state index in [1.165, 1.54) is 23.9 Å². The summed E-state index contributed by atoms with van der Waals surface area (Å²) >= 11 is 1.43. The van der Waals surface area contributed by atoms with Crippen LogP contribution in [-0.2, 0) is 0 Å². The lowest BCUT2D eigenvalue weighted by atomic mass is 10.0. The molecule has 6 nitrogen and oxygen atoms in total. The molecule has 0 spiro atoms. The number of nitro benzene ring substituents is 2. The van der Waals surface area contributed by atoms with Gasteiger partial charge in [0.25, 0.3) is 11.4 Å². The van der Waals surface area contributed by atoms with Crippen LogP contribution in [0.15, 0.2) is 107 Å². The van der Waals surface area contributed by atoms with E-state index in [0.717, 1.165) is 20.9 Å². The SMILES string of the molecule is O=[N+]([O-])c1ccccc1-c1ccccc1Sc1ccccc1-c1ccccc1[N+](=O)[O-]. The monoisotopic (exact) mass is 428 g/mol. The van der Waals surface area contributed by atoms with Crippen molar-refractivity contribution in [2.24, 2.45) is 0 Å². The fourth-order valence-electron chi connectivity index (χ4n) is 3.40. The lowest BCUT2D eigenvalue weighted by Crippen LogP contribution is -1.94. The first-order valence-electron chi connectivity index (χ1n) is 9.40. The van der Waals surface area contributed by atoms with Crippen LogP contribution in [-0.4, -0.2) is 9.85 Å². The van der Waals surface area contributed by atoms with Crippen LogP contribution in [0.25, 0.3) is 22.3 Å². The van der Waals surface area contributed by atoms with Gasteiger partial charge in [-0.2, -0.15) is 0 Å². The van der Waals surface area contributed by atoms with Gasteiger partial charge in [-0.05, 0) is 24.3 Å². The average molecular weight is 428 g/mol. The van der Waals surface area contributed by atoms with Gasteiger partial charge in [0.2, 0.25) is 0 Å². The molecule has 0 bridgehead atoms. The van der Waals surface area contributed by atoms with E-state index < -0.39 is 9.85 Å². The molecule has 0 atom stereocenters. The normalized spacial score (nSPS) is 10.6. The van der Waals surface area contributed by atoms with Crippen molar-refractivity contribution in [2.75, 3.05) is 0 Å². The number of nitro groups is 2. The van der Waals surface area contributed by atoms with E-state index >= 15 is 0 Å². The van der Waals surface area contributed by atoms with Crippen LogP contribution in [0.1, 0.15) is 0 Å². The third-order valence-electron chi connectivity index (χ3n) is 4.78. The molecule has 4 rings (SSSR count). The summed E-state index contributed by atoms with van der Waals surface area (Å²) in [5, 5.41) is 23.1. The molecule has 0 aliphatic heterocycles. The minimum atomic E-state index is -0.391. The van der Waals surface area contributed by atoms with E-state index in [1.54, 1.807) is 36.4 Å². The first-order chi connectivity index (χ1) is 15.1. The van der Waals surface area contributed by atoms with E-state index in [9.17, 15) is 20.2 Å². The smallest absolute Gasteiger partial charge is 0.258 e. The second-order valence-electron chi connectivity index (χ2n) is 6.64. The summed E-state index contributed by atoms with van der Waals surface area (Å²) in [5.74, 6) is 0. The molecule has 152 valence electrons. The Balaban J connectivity index is 1.83. The molecule has 0 heterocycles. The van der Waals surface area contributed by atoms with Crippen LogP contribution in [0.3, 0.4) is 0 Å². The van der Waals surface area contributed by atoms with E-state index in [-0.39, 0.29) is 11.4 Å². The molecule has 0 aliphatic carbocycles. The predicted octanol–water partition coefficient (Wildman–Crippen LogP) is 6.99. The minimum absolute atomic E-state index is 0.0301. The van der Waals surface area contributed by atoms with Crippen LogP contribution in [0.2, 0.25) is 0 Å². The second-order valence-corrected chi connectivity index (χ2v) is 7.73. The number of benzene rings is 4. The third kappa shape index (κ3) is 4.17. The fourth-order valence-corrected chi connectivity index (χ4v) is 4.50. The summed E-state index contributed by atoms with van der Waals surface area (Å²) in [6.07, 6.45) is 0. The average Bonchev–Trinajstić information content (AvgIpc) is 2.80. The van der Waals surface area contributed by atoms with Gasteiger partial charge in [-0.25, -0.2) is 0 Å². The van der Waals surface area contributed by atoms with Gasteiger partial charge < -0.3 is 0 Å². The highest BCUT2D eigenvalue weighted by atomic mass is 32.2.